The van der Waals surface area contributed by atoms with E-state index in [1.165, 1.54) is 24.8 Å². The fourth-order valence-electron chi connectivity index (χ4n) is 5.60. The van der Waals surface area contributed by atoms with Crippen LogP contribution in [0.1, 0.15) is 37.4 Å². The van der Waals surface area contributed by atoms with Crippen molar-refractivity contribution in [2.45, 2.75) is 45.3 Å². The minimum Gasteiger partial charge on any atom is -0.372 e. The molecule has 0 bridgehead atoms. The van der Waals surface area contributed by atoms with Crippen molar-refractivity contribution in [1.29, 1.82) is 5.26 Å². The standard InChI is InChI=1S/C30H36ClF3N6O3.C2H3N/c1-5-26(41)39-16-14-38(15-17-39)13-7-12-36(3)28-22(31)8-6-9-23(28)37(4)29(43)24-10-11-27(42)40(24)25-19-21(30(32,33)34)18-20(2)35-25;1-2-3/h5-6,8-9,18-19,24H,1,7,10-17H2,2-4H3;1H3. The van der Waals surface area contributed by atoms with Gasteiger partial charge in [0.1, 0.15) is 11.9 Å². The molecule has 1 aromatic heterocycles. The number of carbonyl (C=O) groups excluding carboxylic acids is 3. The largest absolute Gasteiger partial charge is 0.416 e. The Kier molecular flexibility index (Phi) is 12.6. The highest BCUT2D eigenvalue weighted by molar-refractivity contribution is 6.34. The average molecular weight is 662 g/mol. The van der Waals surface area contributed by atoms with Crippen LogP contribution in [-0.2, 0) is 20.6 Å². The number of hydrogen-bond acceptors (Lipinski definition) is 7. The number of aromatic nitrogens is 1. The van der Waals surface area contributed by atoms with Crippen molar-refractivity contribution in [2.75, 3.05) is 68.1 Å². The number of benzene rings is 1. The summed E-state index contributed by atoms with van der Waals surface area (Å²) in [5.41, 5.74) is 0.310. The molecule has 3 amide bonds. The molecule has 2 fully saturated rings. The van der Waals surface area contributed by atoms with Crippen LogP contribution in [0.15, 0.2) is 43.0 Å². The van der Waals surface area contributed by atoms with Gasteiger partial charge in [-0.05, 0) is 56.7 Å². The number of para-hydroxylation sites is 1. The molecule has 1 atom stereocenters. The van der Waals surface area contributed by atoms with E-state index in [0.717, 1.165) is 43.1 Å². The monoisotopic (exact) mass is 661 g/mol. The van der Waals surface area contributed by atoms with E-state index in [0.29, 0.717) is 36.0 Å². The maximum absolute atomic E-state index is 13.8. The van der Waals surface area contributed by atoms with Gasteiger partial charge in [0.15, 0.2) is 0 Å². The zero-order valence-corrected chi connectivity index (χ0v) is 27.2. The van der Waals surface area contributed by atoms with Gasteiger partial charge in [-0.1, -0.05) is 24.2 Å². The van der Waals surface area contributed by atoms with Crippen molar-refractivity contribution in [3.8, 4) is 6.07 Å². The van der Waals surface area contributed by atoms with E-state index in [1.54, 1.807) is 36.2 Å². The summed E-state index contributed by atoms with van der Waals surface area (Å²) in [5.74, 6) is -1.17. The number of amides is 3. The number of alkyl halides is 3. The molecule has 1 unspecified atom stereocenters. The number of rotatable bonds is 9. The number of piperazine rings is 1. The van der Waals surface area contributed by atoms with Crippen LogP contribution in [0.25, 0.3) is 0 Å². The van der Waals surface area contributed by atoms with Gasteiger partial charge in [-0.15, -0.1) is 0 Å². The van der Waals surface area contributed by atoms with E-state index in [1.807, 2.05) is 11.9 Å². The first-order valence-corrected chi connectivity index (χ1v) is 15.2. The fraction of sp³-hybridized carbons (Fsp3) is 0.469. The van der Waals surface area contributed by atoms with Gasteiger partial charge < -0.3 is 14.7 Å². The molecule has 4 rings (SSSR count). The molecular weight excluding hydrogens is 623 g/mol. The first kappa shape index (κ1) is 36.3. The van der Waals surface area contributed by atoms with Crippen molar-refractivity contribution < 1.29 is 27.6 Å². The quantitative estimate of drug-likeness (QED) is 0.352. The third kappa shape index (κ3) is 8.76. The van der Waals surface area contributed by atoms with E-state index >= 15 is 0 Å². The highest BCUT2D eigenvalue weighted by Gasteiger charge is 2.41. The van der Waals surface area contributed by atoms with Gasteiger partial charge in [-0.25, -0.2) is 4.98 Å². The normalized spacial score (nSPS) is 16.8. The molecule has 0 spiro atoms. The van der Waals surface area contributed by atoms with Gasteiger partial charge in [-0.3, -0.25) is 24.2 Å². The fourth-order valence-corrected chi connectivity index (χ4v) is 5.92. The number of halogens is 4. The first-order valence-electron chi connectivity index (χ1n) is 14.8. The second-order valence-electron chi connectivity index (χ2n) is 11.0. The van der Waals surface area contributed by atoms with Crippen molar-refractivity contribution in [3.63, 3.8) is 0 Å². The Hall–Kier alpha value is -4.15. The van der Waals surface area contributed by atoms with Crippen LogP contribution in [0, 0.1) is 18.3 Å². The number of nitrogens with zero attached hydrogens (tertiary/aromatic N) is 7. The second-order valence-corrected chi connectivity index (χ2v) is 11.5. The van der Waals surface area contributed by atoms with E-state index in [2.05, 4.69) is 16.5 Å². The molecule has 0 N–H and O–H groups in total. The van der Waals surface area contributed by atoms with E-state index in [9.17, 15) is 27.6 Å². The summed E-state index contributed by atoms with van der Waals surface area (Å²) in [5, 5.41) is 7.76. The molecule has 0 aliphatic carbocycles. The van der Waals surface area contributed by atoms with Crippen LogP contribution >= 0.6 is 11.6 Å². The Balaban J connectivity index is 0.00000185. The SMILES string of the molecule is C=CC(=O)N1CCN(CCCN(C)c2c(Cl)cccc2N(C)C(=O)C2CCC(=O)N2c2cc(C(F)(F)F)cc(C)n2)CC1.CC#N. The molecule has 10 nitrogen and oxygen atoms in total. The van der Waals surface area contributed by atoms with Gasteiger partial charge in [0.05, 0.1) is 28.0 Å². The summed E-state index contributed by atoms with van der Waals surface area (Å²) in [7, 11) is 3.45. The van der Waals surface area contributed by atoms with Crippen molar-refractivity contribution in [3.05, 3.63) is 59.3 Å². The van der Waals surface area contributed by atoms with Gasteiger partial charge in [0, 0.05) is 65.9 Å². The zero-order valence-electron chi connectivity index (χ0n) is 26.5. The number of likely N-dealkylation sites (N-methyl/N-ethyl adjacent to an activating group) is 1. The third-order valence-corrected chi connectivity index (χ3v) is 8.18. The van der Waals surface area contributed by atoms with Crippen LogP contribution in [0.2, 0.25) is 5.02 Å². The lowest BCUT2D eigenvalue weighted by molar-refractivity contribution is -0.137. The predicted molar refractivity (Wildman–Crippen MR) is 172 cm³/mol. The van der Waals surface area contributed by atoms with Crippen molar-refractivity contribution in [2.24, 2.45) is 0 Å². The molecule has 3 heterocycles. The summed E-state index contributed by atoms with van der Waals surface area (Å²) in [6.45, 7) is 10.7. The van der Waals surface area contributed by atoms with Crippen LogP contribution in [0.5, 0.6) is 0 Å². The van der Waals surface area contributed by atoms with Crippen molar-refractivity contribution in [1.82, 2.24) is 14.8 Å². The number of pyridine rings is 1. The maximum atomic E-state index is 13.8. The predicted octanol–water partition coefficient (Wildman–Crippen LogP) is 4.91. The lowest BCUT2D eigenvalue weighted by Gasteiger charge is -2.35. The molecule has 248 valence electrons. The first-order chi connectivity index (χ1) is 21.7. The molecule has 1 aromatic carbocycles. The van der Waals surface area contributed by atoms with Crippen LogP contribution in [-0.4, -0.2) is 91.9 Å². The Morgan fingerprint density at radius 3 is 2.46 bits per heavy atom. The number of anilines is 3. The van der Waals surface area contributed by atoms with Crippen molar-refractivity contribution >= 4 is 46.5 Å². The van der Waals surface area contributed by atoms with Crippen LogP contribution in [0.3, 0.4) is 0 Å². The Bertz CT molecular complexity index is 1470. The summed E-state index contributed by atoms with van der Waals surface area (Å²) in [6, 6.07) is 7.65. The third-order valence-electron chi connectivity index (χ3n) is 7.88. The topological polar surface area (TPSA) is 104 Å². The summed E-state index contributed by atoms with van der Waals surface area (Å²) in [6.07, 6.45) is -2.32. The number of nitriles is 1. The molecule has 46 heavy (non-hydrogen) atoms. The number of hydrogen-bond donors (Lipinski definition) is 0. The highest BCUT2D eigenvalue weighted by atomic mass is 35.5. The van der Waals surface area contributed by atoms with Crippen LogP contribution in [0.4, 0.5) is 30.4 Å². The summed E-state index contributed by atoms with van der Waals surface area (Å²) < 4.78 is 40.5. The average Bonchev–Trinajstić information content (AvgIpc) is 3.40. The highest BCUT2D eigenvalue weighted by Crippen LogP contribution is 2.38. The zero-order chi connectivity index (χ0) is 34.2. The molecule has 2 aliphatic heterocycles. The molecule has 0 radical (unpaired) electrons. The van der Waals surface area contributed by atoms with E-state index in [-0.39, 0.29) is 30.3 Å². The molecule has 2 aromatic rings. The Labute approximate surface area is 272 Å². The number of aryl methyl sites for hydroxylation is 1. The van der Waals surface area contributed by atoms with E-state index in [4.69, 9.17) is 16.9 Å². The lowest BCUT2D eigenvalue weighted by atomic mass is 10.1. The summed E-state index contributed by atoms with van der Waals surface area (Å²) >= 11 is 6.63. The molecule has 14 heteroatoms. The summed E-state index contributed by atoms with van der Waals surface area (Å²) in [4.78, 5) is 51.2. The van der Waals surface area contributed by atoms with Crippen LogP contribution < -0.4 is 14.7 Å². The molecular formula is C32H39ClF3N7O3. The van der Waals surface area contributed by atoms with Gasteiger partial charge in [0.2, 0.25) is 17.7 Å². The van der Waals surface area contributed by atoms with Gasteiger partial charge in [0.25, 0.3) is 0 Å². The minimum absolute atomic E-state index is 0.0134. The maximum Gasteiger partial charge on any atom is 0.416 e. The molecule has 2 saturated heterocycles. The lowest BCUT2D eigenvalue weighted by Crippen LogP contribution is -2.48. The Morgan fingerprint density at radius 1 is 1.20 bits per heavy atom. The molecule has 0 saturated carbocycles. The molecule has 2 aliphatic rings. The minimum atomic E-state index is -4.62. The smallest absolute Gasteiger partial charge is 0.372 e. The number of carbonyl (C=O) groups is 3. The van der Waals surface area contributed by atoms with Gasteiger partial charge in [-0.2, -0.15) is 18.4 Å². The Morgan fingerprint density at radius 2 is 1.85 bits per heavy atom. The van der Waals surface area contributed by atoms with E-state index < -0.39 is 29.6 Å². The second kappa shape index (κ2) is 15.9. The van der Waals surface area contributed by atoms with Gasteiger partial charge >= 0.3 is 6.18 Å².